The number of carboxylic acids is 1. The van der Waals surface area contributed by atoms with Crippen LogP contribution in [0.4, 0.5) is 4.79 Å². The van der Waals surface area contributed by atoms with Gasteiger partial charge in [-0.2, -0.15) is 5.26 Å². The average Bonchev–Trinajstić information content (AvgIpc) is 2.28. The molecule has 0 bridgehead atoms. The van der Waals surface area contributed by atoms with E-state index in [1.165, 1.54) is 4.90 Å². The van der Waals surface area contributed by atoms with Crippen LogP contribution in [-0.4, -0.2) is 41.1 Å². The van der Waals surface area contributed by atoms with Gasteiger partial charge in [-0.25, -0.2) is 9.59 Å². The van der Waals surface area contributed by atoms with Gasteiger partial charge >= 0.3 is 12.0 Å². The van der Waals surface area contributed by atoms with E-state index in [1.54, 1.807) is 20.8 Å². The fraction of sp³-hybridized carbons (Fsp3) is 0.786. The zero-order chi connectivity index (χ0) is 15.9. The van der Waals surface area contributed by atoms with E-state index in [2.05, 4.69) is 5.32 Å². The van der Waals surface area contributed by atoms with Crippen LogP contribution in [0.5, 0.6) is 0 Å². The maximum absolute atomic E-state index is 12.2. The van der Waals surface area contributed by atoms with Crippen molar-refractivity contribution in [2.45, 2.75) is 47.1 Å². The topological polar surface area (TPSA) is 93.4 Å². The van der Waals surface area contributed by atoms with E-state index in [0.717, 1.165) is 0 Å². The number of carboxylic acid groups (broad SMARTS) is 1. The quantitative estimate of drug-likeness (QED) is 0.780. The fourth-order valence-corrected chi connectivity index (χ4v) is 1.76. The summed E-state index contributed by atoms with van der Waals surface area (Å²) in [6, 6.07) is 0.595. The molecule has 2 N–H and O–H groups in total. The van der Waals surface area contributed by atoms with Crippen LogP contribution < -0.4 is 5.32 Å². The Morgan fingerprint density at radius 3 is 2.25 bits per heavy atom. The van der Waals surface area contributed by atoms with Crippen molar-refractivity contribution < 1.29 is 14.7 Å². The molecule has 0 radical (unpaired) electrons. The number of hydrogen-bond acceptors (Lipinski definition) is 3. The summed E-state index contributed by atoms with van der Waals surface area (Å²) in [7, 11) is 0. The summed E-state index contributed by atoms with van der Waals surface area (Å²) in [5, 5.41) is 20.4. The van der Waals surface area contributed by atoms with Crippen molar-refractivity contribution in [3.8, 4) is 6.07 Å². The van der Waals surface area contributed by atoms with Crippen LogP contribution in [-0.2, 0) is 4.79 Å². The number of hydrogen-bond donors (Lipinski definition) is 2. The molecule has 0 aromatic rings. The van der Waals surface area contributed by atoms with Crippen molar-refractivity contribution in [2.75, 3.05) is 13.1 Å². The average molecular weight is 283 g/mol. The van der Waals surface area contributed by atoms with Crippen molar-refractivity contribution in [3.05, 3.63) is 0 Å². The lowest BCUT2D eigenvalue weighted by molar-refractivity contribution is -0.142. The summed E-state index contributed by atoms with van der Waals surface area (Å²) in [5.74, 6) is -0.812. The summed E-state index contributed by atoms with van der Waals surface area (Å²) in [6.07, 6.45) is 0.230. The number of urea groups is 1. The van der Waals surface area contributed by atoms with Crippen LogP contribution in [0.1, 0.15) is 41.0 Å². The van der Waals surface area contributed by atoms with Gasteiger partial charge in [-0.3, -0.25) is 0 Å². The van der Waals surface area contributed by atoms with E-state index in [0.29, 0.717) is 13.1 Å². The Labute approximate surface area is 120 Å². The molecule has 0 saturated carbocycles. The molecular weight excluding hydrogens is 258 g/mol. The van der Waals surface area contributed by atoms with Crippen molar-refractivity contribution >= 4 is 12.0 Å². The number of nitriles is 1. The Balaban J connectivity index is 4.88. The fourth-order valence-electron chi connectivity index (χ4n) is 1.76. The number of amides is 2. The second-order valence-corrected chi connectivity index (χ2v) is 6.33. The molecule has 0 saturated heterocycles. The molecule has 20 heavy (non-hydrogen) atoms. The molecule has 0 aliphatic heterocycles. The Bertz CT molecular complexity index is 380. The summed E-state index contributed by atoms with van der Waals surface area (Å²) in [5.41, 5.74) is -0.583. The molecule has 0 unspecified atom stereocenters. The minimum atomic E-state index is -1.06. The highest BCUT2D eigenvalue weighted by atomic mass is 16.4. The molecule has 2 amide bonds. The molecule has 0 spiro atoms. The monoisotopic (exact) mass is 283 g/mol. The lowest BCUT2D eigenvalue weighted by Crippen LogP contribution is -2.54. The largest absolute Gasteiger partial charge is 0.480 e. The summed E-state index contributed by atoms with van der Waals surface area (Å²) >= 11 is 0. The number of nitrogens with one attached hydrogen (secondary N) is 1. The van der Waals surface area contributed by atoms with Crippen molar-refractivity contribution in [1.29, 1.82) is 5.26 Å². The third-order valence-corrected chi connectivity index (χ3v) is 2.75. The SMILES string of the molecule is CC(C)CN(CCC#N)C(=O)N[C@@H](C(=O)O)C(C)(C)C. The molecule has 6 heteroatoms. The zero-order valence-corrected chi connectivity index (χ0v) is 12.9. The van der Waals surface area contributed by atoms with Crippen molar-refractivity contribution in [1.82, 2.24) is 10.2 Å². The maximum atomic E-state index is 12.2. The first kappa shape index (κ1) is 18.2. The third-order valence-electron chi connectivity index (χ3n) is 2.75. The Kier molecular flexibility index (Phi) is 7.05. The highest BCUT2D eigenvalue weighted by Crippen LogP contribution is 2.19. The van der Waals surface area contributed by atoms with E-state index >= 15 is 0 Å². The molecule has 0 aliphatic carbocycles. The van der Waals surface area contributed by atoms with Gasteiger partial charge in [0.05, 0.1) is 12.5 Å². The third kappa shape index (κ3) is 6.41. The molecule has 0 aromatic heterocycles. The van der Waals surface area contributed by atoms with Gasteiger partial charge < -0.3 is 15.3 Å². The number of carbonyl (C=O) groups excluding carboxylic acids is 1. The lowest BCUT2D eigenvalue weighted by Gasteiger charge is -2.31. The molecule has 6 nitrogen and oxygen atoms in total. The first-order chi connectivity index (χ1) is 9.09. The van der Waals surface area contributed by atoms with Crippen LogP contribution in [0.2, 0.25) is 0 Å². The highest BCUT2D eigenvalue weighted by Gasteiger charge is 2.33. The van der Waals surface area contributed by atoms with Gasteiger partial charge in [0.2, 0.25) is 0 Å². The van der Waals surface area contributed by atoms with Crippen LogP contribution in [0.3, 0.4) is 0 Å². The lowest BCUT2D eigenvalue weighted by atomic mass is 9.87. The molecule has 114 valence electrons. The molecule has 0 aromatic carbocycles. The van der Waals surface area contributed by atoms with Gasteiger partial charge in [-0.15, -0.1) is 0 Å². The predicted molar refractivity (Wildman–Crippen MR) is 76.1 cm³/mol. The maximum Gasteiger partial charge on any atom is 0.326 e. The van der Waals surface area contributed by atoms with E-state index in [9.17, 15) is 14.7 Å². The molecular formula is C14H25N3O3. The van der Waals surface area contributed by atoms with Crippen LogP contribution in [0.15, 0.2) is 0 Å². The van der Waals surface area contributed by atoms with E-state index in [1.807, 2.05) is 19.9 Å². The van der Waals surface area contributed by atoms with E-state index in [4.69, 9.17) is 5.26 Å². The van der Waals surface area contributed by atoms with Gasteiger partial charge in [-0.1, -0.05) is 34.6 Å². The van der Waals surface area contributed by atoms with Gasteiger partial charge in [0.25, 0.3) is 0 Å². The minimum Gasteiger partial charge on any atom is -0.480 e. The number of nitrogens with zero attached hydrogens (tertiary/aromatic N) is 2. The van der Waals surface area contributed by atoms with Gasteiger partial charge in [0, 0.05) is 13.1 Å². The summed E-state index contributed by atoms with van der Waals surface area (Å²) < 4.78 is 0. The second kappa shape index (κ2) is 7.73. The van der Waals surface area contributed by atoms with Gasteiger partial charge in [0.15, 0.2) is 0 Å². The normalized spacial score (nSPS) is 12.7. The second-order valence-electron chi connectivity index (χ2n) is 6.33. The number of carbonyl (C=O) groups is 2. The number of rotatable bonds is 6. The molecule has 0 fully saturated rings. The van der Waals surface area contributed by atoms with Gasteiger partial charge in [-0.05, 0) is 11.3 Å². The minimum absolute atomic E-state index is 0.230. The van der Waals surface area contributed by atoms with Gasteiger partial charge in [0.1, 0.15) is 6.04 Å². The number of aliphatic carboxylic acids is 1. The molecule has 0 heterocycles. The standard InChI is InChI=1S/C14H25N3O3/c1-10(2)9-17(8-6-7-15)13(20)16-11(12(18)19)14(3,4)5/h10-11H,6,8-9H2,1-5H3,(H,16,20)(H,18,19)/t11-/m0/s1. The summed E-state index contributed by atoms with van der Waals surface area (Å²) in [4.78, 5) is 24.9. The van der Waals surface area contributed by atoms with Crippen LogP contribution in [0, 0.1) is 22.7 Å². The molecule has 1 atom stereocenters. The smallest absolute Gasteiger partial charge is 0.326 e. The van der Waals surface area contributed by atoms with Crippen LogP contribution >= 0.6 is 0 Å². The Hall–Kier alpha value is -1.77. The molecule has 0 rings (SSSR count). The van der Waals surface area contributed by atoms with Crippen molar-refractivity contribution in [3.63, 3.8) is 0 Å². The van der Waals surface area contributed by atoms with E-state index < -0.39 is 23.5 Å². The predicted octanol–water partition coefficient (Wildman–Crippen LogP) is 2.07. The highest BCUT2D eigenvalue weighted by molar-refractivity contribution is 5.83. The first-order valence-corrected chi connectivity index (χ1v) is 6.74. The zero-order valence-electron chi connectivity index (χ0n) is 12.9. The first-order valence-electron chi connectivity index (χ1n) is 6.74. The van der Waals surface area contributed by atoms with E-state index in [-0.39, 0.29) is 12.3 Å². The molecule has 0 aliphatic rings. The Morgan fingerprint density at radius 1 is 1.35 bits per heavy atom. The summed E-state index contributed by atoms with van der Waals surface area (Å²) in [6.45, 7) is 9.99. The van der Waals surface area contributed by atoms with Crippen molar-refractivity contribution in [2.24, 2.45) is 11.3 Å². The van der Waals surface area contributed by atoms with Crippen LogP contribution in [0.25, 0.3) is 0 Å². The Morgan fingerprint density at radius 2 is 1.90 bits per heavy atom.